The van der Waals surface area contributed by atoms with E-state index in [1.54, 1.807) is 0 Å². The van der Waals surface area contributed by atoms with E-state index >= 15 is 0 Å². The highest BCUT2D eigenvalue weighted by atomic mass is 35.5. The third-order valence-corrected chi connectivity index (χ3v) is 5.56. The van der Waals surface area contributed by atoms with Gasteiger partial charge in [-0.2, -0.15) is 13.2 Å². The van der Waals surface area contributed by atoms with Gasteiger partial charge < -0.3 is 4.74 Å². The SMILES string of the molecule is Fc1ccc(-c2cc[c]c(-c3cc(C(F)(F)F)ccc3Cl)c2Oc2cc(Cl)cc(Cl)c2)c(F)c1. The highest BCUT2D eigenvalue weighted by Crippen LogP contribution is 2.45. The molecule has 173 valence electrons. The van der Waals surface area contributed by atoms with Crippen LogP contribution < -0.4 is 4.74 Å². The van der Waals surface area contributed by atoms with Gasteiger partial charge >= 0.3 is 6.18 Å². The first-order valence-corrected chi connectivity index (χ1v) is 10.7. The predicted octanol–water partition coefficient (Wildman–Crippen LogP) is 9.87. The lowest BCUT2D eigenvalue weighted by molar-refractivity contribution is -0.137. The normalized spacial score (nSPS) is 11.5. The summed E-state index contributed by atoms with van der Waals surface area (Å²) in [5.74, 6) is -1.65. The summed E-state index contributed by atoms with van der Waals surface area (Å²) in [4.78, 5) is 0. The first kappa shape index (κ1) is 24.3. The second kappa shape index (κ2) is 9.45. The highest BCUT2D eigenvalue weighted by molar-refractivity contribution is 6.35. The van der Waals surface area contributed by atoms with Crippen LogP contribution in [-0.2, 0) is 6.18 Å². The molecule has 0 N–H and O–H groups in total. The summed E-state index contributed by atoms with van der Waals surface area (Å²) < 4.78 is 74.4. The molecular formula is C25H11Cl3F5O. The van der Waals surface area contributed by atoms with E-state index in [1.807, 2.05) is 0 Å². The number of benzene rings is 4. The molecule has 0 aliphatic rings. The van der Waals surface area contributed by atoms with Gasteiger partial charge in [0.1, 0.15) is 23.1 Å². The van der Waals surface area contributed by atoms with Crippen LogP contribution >= 0.6 is 34.8 Å². The summed E-state index contributed by atoms with van der Waals surface area (Å²) in [6.07, 6.45) is -4.64. The molecule has 1 radical (unpaired) electrons. The van der Waals surface area contributed by atoms with Crippen LogP contribution in [0.4, 0.5) is 22.0 Å². The van der Waals surface area contributed by atoms with Gasteiger partial charge in [0.15, 0.2) is 0 Å². The minimum atomic E-state index is -4.64. The molecule has 0 aliphatic carbocycles. The van der Waals surface area contributed by atoms with Crippen LogP contribution in [0.1, 0.15) is 5.56 Å². The monoisotopic (exact) mass is 527 g/mol. The first-order valence-electron chi connectivity index (χ1n) is 9.54. The Morgan fingerprint density at radius 1 is 0.735 bits per heavy atom. The Bertz CT molecular complexity index is 1370. The Balaban J connectivity index is 1.99. The minimum absolute atomic E-state index is 0.0186. The Morgan fingerprint density at radius 2 is 1.44 bits per heavy atom. The zero-order chi connectivity index (χ0) is 24.6. The van der Waals surface area contributed by atoms with Crippen LogP contribution in [0.15, 0.2) is 66.7 Å². The zero-order valence-corrected chi connectivity index (χ0v) is 19.1. The zero-order valence-electron chi connectivity index (χ0n) is 16.8. The molecule has 0 unspecified atom stereocenters. The molecule has 0 aromatic heterocycles. The molecule has 0 amide bonds. The molecule has 1 nitrogen and oxygen atoms in total. The maximum atomic E-state index is 14.7. The van der Waals surface area contributed by atoms with E-state index in [4.69, 9.17) is 39.5 Å². The number of hydrogen-bond acceptors (Lipinski definition) is 1. The van der Waals surface area contributed by atoms with E-state index in [0.29, 0.717) is 6.07 Å². The molecule has 0 saturated carbocycles. The van der Waals surface area contributed by atoms with Gasteiger partial charge in [0, 0.05) is 43.4 Å². The van der Waals surface area contributed by atoms with Crippen molar-refractivity contribution in [1.29, 1.82) is 0 Å². The Labute approximate surface area is 206 Å². The van der Waals surface area contributed by atoms with Crippen molar-refractivity contribution in [2.24, 2.45) is 0 Å². The van der Waals surface area contributed by atoms with Crippen molar-refractivity contribution in [2.45, 2.75) is 6.18 Å². The summed E-state index contributed by atoms with van der Waals surface area (Å²) in [6.45, 7) is 0. The maximum Gasteiger partial charge on any atom is 0.416 e. The molecule has 0 heterocycles. The molecule has 0 atom stereocenters. The molecule has 0 aliphatic heterocycles. The van der Waals surface area contributed by atoms with Crippen LogP contribution in [0.3, 0.4) is 0 Å². The fourth-order valence-electron chi connectivity index (χ4n) is 3.31. The van der Waals surface area contributed by atoms with E-state index in [9.17, 15) is 22.0 Å². The molecular weight excluding hydrogens is 518 g/mol. The second-order valence-electron chi connectivity index (χ2n) is 7.12. The van der Waals surface area contributed by atoms with Gasteiger partial charge in [0.25, 0.3) is 0 Å². The van der Waals surface area contributed by atoms with Crippen molar-refractivity contribution in [1.82, 2.24) is 0 Å². The van der Waals surface area contributed by atoms with Crippen LogP contribution in [-0.4, -0.2) is 0 Å². The molecule has 0 saturated heterocycles. The Morgan fingerprint density at radius 3 is 2.09 bits per heavy atom. The lowest BCUT2D eigenvalue weighted by Crippen LogP contribution is -2.05. The van der Waals surface area contributed by atoms with Crippen molar-refractivity contribution in [3.8, 4) is 33.8 Å². The van der Waals surface area contributed by atoms with Gasteiger partial charge in [0.2, 0.25) is 0 Å². The van der Waals surface area contributed by atoms with Crippen LogP contribution in [0.5, 0.6) is 11.5 Å². The maximum absolute atomic E-state index is 14.7. The third kappa shape index (κ3) is 5.14. The summed E-state index contributed by atoms with van der Waals surface area (Å²) in [6, 6.07) is 15.6. The molecule has 4 aromatic rings. The van der Waals surface area contributed by atoms with E-state index in [2.05, 4.69) is 6.07 Å². The fourth-order valence-corrected chi connectivity index (χ4v) is 4.03. The molecule has 0 bridgehead atoms. The van der Waals surface area contributed by atoms with Crippen molar-refractivity contribution in [3.05, 3.63) is 105 Å². The number of halogens is 8. The van der Waals surface area contributed by atoms with Gasteiger partial charge in [-0.3, -0.25) is 0 Å². The predicted molar refractivity (Wildman–Crippen MR) is 123 cm³/mol. The average Bonchev–Trinajstić information content (AvgIpc) is 2.73. The largest absolute Gasteiger partial charge is 0.456 e. The first-order chi connectivity index (χ1) is 16.0. The van der Waals surface area contributed by atoms with Gasteiger partial charge in [-0.05, 0) is 60.7 Å². The molecule has 9 heteroatoms. The summed E-state index contributed by atoms with van der Waals surface area (Å²) >= 11 is 18.3. The van der Waals surface area contributed by atoms with E-state index in [-0.39, 0.29) is 48.8 Å². The van der Waals surface area contributed by atoms with Crippen molar-refractivity contribution in [2.75, 3.05) is 0 Å². The lowest BCUT2D eigenvalue weighted by atomic mass is 9.95. The smallest absolute Gasteiger partial charge is 0.416 e. The summed E-state index contributed by atoms with van der Waals surface area (Å²) in [7, 11) is 0. The van der Waals surface area contributed by atoms with E-state index < -0.39 is 23.4 Å². The van der Waals surface area contributed by atoms with Crippen LogP contribution in [0.25, 0.3) is 22.3 Å². The third-order valence-electron chi connectivity index (χ3n) is 4.79. The molecule has 4 aromatic carbocycles. The number of alkyl halides is 3. The Hall–Kier alpha value is -2.80. The van der Waals surface area contributed by atoms with Crippen LogP contribution in [0.2, 0.25) is 15.1 Å². The quantitative estimate of drug-likeness (QED) is 0.240. The lowest BCUT2D eigenvalue weighted by Gasteiger charge is -2.18. The molecule has 0 fully saturated rings. The summed E-state index contributed by atoms with van der Waals surface area (Å²) in [5.41, 5.74) is -0.911. The van der Waals surface area contributed by atoms with Gasteiger partial charge in [-0.25, -0.2) is 8.78 Å². The van der Waals surface area contributed by atoms with Gasteiger partial charge in [-0.1, -0.05) is 40.9 Å². The fraction of sp³-hybridized carbons (Fsp3) is 0.0400. The topological polar surface area (TPSA) is 9.23 Å². The molecule has 0 spiro atoms. The van der Waals surface area contributed by atoms with Gasteiger partial charge in [0.05, 0.1) is 5.56 Å². The van der Waals surface area contributed by atoms with Gasteiger partial charge in [-0.15, -0.1) is 0 Å². The minimum Gasteiger partial charge on any atom is -0.456 e. The second-order valence-corrected chi connectivity index (χ2v) is 8.40. The van der Waals surface area contributed by atoms with Crippen molar-refractivity contribution in [3.63, 3.8) is 0 Å². The standard InChI is InChI=1S/C25H11Cl3F5O/c26-14-9-15(27)11-17(10-14)34-24-19(18-6-5-16(29)12-23(18)30)2-1-3-20(24)21-8-13(25(31,32)33)4-7-22(21)28/h1-2,4-12H. The molecule has 34 heavy (non-hydrogen) atoms. The number of rotatable bonds is 4. The summed E-state index contributed by atoms with van der Waals surface area (Å²) in [5, 5.41) is 0.445. The van der Waals surface area contributed by atoms with Crippen molar-refractivity contribution < 1.29 is 26.7 Å². The van der Waals surface area contributed by atoms with E-state index in [1.165, 1.54) is 36.4 Å². The Kier molecular flexibility index (Phi) is 6.76. The average molecular weight is 529 g/mol. The number of ether oxygens (including phenoxy) is 1. The molecule has 4 rings (SSSR count). The highest BCUT2D eigenvalue weighted by Gasteiger charge is 2.31. The number of hydrogen-bond donors (Lipinski definition) is 0. The van der Waals surface area contributed by atoms with Crippen LogP contribution in [0, 0.1) is 17.7 Å². The van der Waals surface area contributed by atoms with Crippen molar-refractivity contribution >= 4 is 34.8 Å². The van der Waals surface area contributed by atoms with E-state index in [0.717, 1.165) is 24.3 Å².